The van der Waals surface area contributed by atoms with E-state index in [-0.39, 0.29) is 0 Å². The first-order valence-corrected chi connectivity index (χ1v) is 6.09. The molecule has 0 atom stereocenters. The molecule has 0 spiro atoms. The monoisotopic (exact) mass is 225 g/mol. The number of hydrogen-bond donors (Lipinski definition) is 0. The fourth-order valence-corrected chi connectivity index (χ4v) is 2.04. The summed E-state index contributed by atoms with van der Waals surface area (Å²) in [6.07, 6.45) is 0. The molecular weight excluding hydrogens is 206 g/mol. The van der Waals surface area contributed by atoms with Gasteiger partial charge < -0.3 is 4.90 Å². The molecule has 0 saturated carbocycles. The van der Waals surface area contributed by atoms with E-state index in [1.807, 2.05) is 0 Å². The molecule has 0 N–H and O–H groups in total. The lowest BCUT2D eigenvalue weighted by Gasteiger charge is -2.29. The van der Waals surface area contributed by atoms with E-state index in [0.717, 1.165) is 0 Å². The van der Waals surface area contributed by atoms with Crippen molar-refractivity contribution in [2.24, 2.45) is 0 Å². The number of hydrogen-bond acceptors (Lipinski definition) is 1. The Kier molecular flexibility index (Phi) is 3.48. The Morgan fingerprint density at radius 3 is 1.82 bits per heavy atom. The van der Waals surface area contributed by atoms with E-state index in [0.29, 0.717) is 6.04 Å². The van der Waals surface area contributed by atoms with Crippen LogP contribution in [-0.2, 0) is 0 Å². The predicted molar refractivity (Wildman–Crippen MR) is 74.9 cm³/mol. The minimum atomic E-state index is 0.445. The number of nitrogens with zero attached hydrogens (tertiary/aromatic N) is 1. The van der Waals surface area contributed by atoms with Crippen molar-refractivity contribution < 1.29 is 0 Å². The van der Waals surface area contributed by atoms with Crippen molar-refractivity contribution in [2.75, 3.05) is 4.90 Å². The van der Waals surface area contributed by atoms with E-state index in [1.54, 1.807) is 0 Å². The van der Waals surface area contributed by atoms with Crippen molar-refractivity contribution in [3.63, 3.8) is 0 Å². The van der Waals surface area contributed by atoms with Crippen LogP contribution in [0.25, 0.3) is 0 Å². The summed E-state index contributed by atoms with van der Waals surface area (Å²) in [4.78, 5) is 2.35. The highest BCUT2D eigenvalue weighted by molar-refractivity contribution is 5.64. The van der Waals surface area contributed by atoms with Crippen LogP contribution in [0.4, 0.5) is 11.4 Å². The number of benzene rings is 2. The molecule has 17 heavy (non-hydrogen) atoms. The third-order valence-electron chi connectivity index (χ3n) is 2.86. The molecule has 0 amide bonds. The Morgan fingerprint density at radius 2 is 1.29 bits per heavy atom. The third kappa shape index (κ3) is 2.68. The number of anilines is 2. The largest absolute Gasteiger partial charge is 0.339 e. The molecule has 0 unspecified atom stereocenters. The van der Waals surface area contributed by atoms with Gasteiger partial charge in [-0.15, -0.1) is 0 Å². The van der Waals surface area contributed by atoms with Gasteiger partial charge in [0.25, 0.3) is 0 Å². The van der Waals surface area contributed by atoms with Crippen LogP contribution in [0.1, 0.15) is 19.4 Å². The minimum Gasteiger partial charge on any atom is -0.339 e. The van der Waals surface area contributed by atoms with Gasteiger partial charge in [0.15, 0.2) is 0 Å². The SMILES string of the molecule is Cc1ccc(N(c2ccccc2)C(C)C)cc1. The molecule has 0 heterocycles. The highest BCUT2D eigenvalue weighted by atomic mass is 15.2. The highest BCUT2D eigenvalue weighted by Crippen LogP contribution is 2.27. The maximum Gasteiger partial charge on any atom is 0.0413 e. The van der Waals surface area contributed by atoms with Crippen molar-refractivity contribution in [1.29, 1.82) is 0 Å². The standard InChI is InChI=1S/C16H19N/c1-13(2)17(15-7-5-4-6-8-15)16-11-9-14(3)10-12-16/h4-13H,1-3H3. The molecule has 0 bridgehead atoms. The number of para-hydroxylation sites is 1. The second-order valence-corrected chi connectivity index (χ2v) is 4.63. The summed E-state index contributed by atoms with van der Waals surface area (Å²) in [6, 6.07) is 19.7. The van der Waals surface area contributed by atoms with E-state index < -0.39 is 0 Å². The lowest BCUT2D eigenvalue weighted by molar-refractivity contribution is 0.789. The Labute approximate surface area is 104 Å². The van der Waals surface area contributed by atoms with Gasteiger partial charge in [0.2, 0.25) is 0 Å². The first-order valence-electron chi connectivity index (χ1n) is 6.09. The molecular formula is C16H19N. The van der Waals surface area contributed by atoms with Crippen molar-refractivity contribution >= 4 is 11.4 Å². The van der Waals surface area contributed by atoms with E-state index in [9.17, 15) is 0 Å². The molecule has 0 radical (unpaired) electrons. The summed E-state index contributed by atoms with van der Waals surface area (Å²) in [5.74, 6) is 0. The molecule has 0 fully saturated rings. The summed E-state index contributed by atoms with van der Waals surface area (Å²) in [7, 11) is 0. The molecule has 0 aliphatic heterocycles. The van der Waals surface area contributed by atoms with Crippen molar-refractivity contribution in [1.82, 2.24) is 0 Å². The van der Waals surface area contributed by atoms with Crippen LogP contribution in [0.3, 0.4) is 0 Å². The summed E-state index contributed by atoms with van der Waals surface area (Å²) in [5.41, 5.74) is 3.79. The quantitative estimate of drug-likeness (QED) is 0.741. The zero-order chi connectivity index (χ0) is 12.3. The lowest BCUT2D eigenvalue weighted by atomic mass is 10.1. The summed E-state index contributed by atoms with van der Waals surface area (Å²) >= 11 is 0. The third-order valence-corrected chi connectivity index (χ3v) is 2.86. The van der Waals surface area contributed by atoms with Crippen LogP contribution in [0.15, 0.2) is 54.6 Å². The number of rotatable bonds is 3. The average molecular weight is 225 g/mol. The van der Waals surface area contributed by atoms with Crippen molar-refractivity contribution in [3.05, 3.63) is 60.2 Å². The van der Waals surface area contributed by atoms with Gasteiger partial charge in [-0.1, -0.05) is 35.9 Å². The van der Waals surface area contributed by atoms with Crippen molar-refractivity contribution in [2.45, 2.75) is 26.8 Å². The van der Waals surface area contributed by atoms with E-state index >= 15 is 0 Å². The Morgan fingerprint density at radius 1 is 0.765 bits per heavy atom. The second-order valence-electron chi connectivity index (χ2n) is 4.63. The van der Waals surface area contributed by atoms with Crippen LogP contribution >= 0.6 is 0 Å². The van der Waals surface area contributed by atoms with Crippen molar-refractivity contribution in [3.8, 4) is 0 Å². The predicted octanol–water partition coefficient (Wildman–Crippen LogP) is 4.54. The van der Waals surface area contributed by atoms with Gasteiger partial charge in [0.05, 0.1) is 0 Å². The molecule has 2 aromatic carbocycles. The highest BCUT2D eigenvalue weighted by Gasteiger charge is 2.11. The minimum absolute atomic E-state index is 0.445. The molecule has 0 saturated heterocycles. The van der Waals surface area contributed by atoms with Gasteiger partial charge in [0.1, 0.15) is 0 Å². The lowest BCUT2D eigenvalue weighted by Crippen LogP contribution is -2.25. The molecule has 0 aliphatic rings. The van der Waals surface area contributed by atoms with Gasteiger partial charge in [0, 0.05) is 17.4 Å². The molecule has 2 rings (SSSR count). The molecule has 0 aromatic heterocycles. The van der Waals surface area contributed by atoms with E-state index in [2.05, 4.69) is 80.3 Å². The summed E-state index contributed by atoms with van der Waals surface area (Å²) in [5, 5.41) is 0. The van der Waals surface area contributed by atoms with Crippen LogP contribution in [0, 0.1) is 6.92 Å². The fraction of sp³-hybridized carbons (Fsp3) is 0.250. The maximum absolute atomic E-state index is 2.35. The zero-order valence-corrected chi connectivity index (χ0v) is 10.7. The average Bonchev–Trinajstić information content (AvgIpc) is 2.33. The first-order chi connectivity index (χ1) is 8.18. The van der Waals surface area contributed by atoms with E-state index in [4.69, 9.17) is 0 Å². The molecule has 0 aliphatic carbocycles. The molecule has 88 valence electrons. The summed E-state index contributed by atoms with van der Waals surface area (Å²) < 4.78 is 0. The van der Waals surface area contributed by atoms with Crippen LogP contribution in [0.2, 0.25) is 0 Å². The maximum atomic E-state index is 2.35. The Balaban J connectivity index is 2.39. The smallest absolute Gasteiger partial charge is 0.0413 e. The molecule has 2 aromatic rings. The van der Waals surface area contributed by atoms with Gasteiger partial charge in [-0.25, -0.2) is 0 Å². The topological polar surface area (TPSA) is 3.24 Å². The Hall–Kier alpha value is -1.76. The van der Waals surface area contributed by atoms with Crippen LogP contribution in [-0.4, -0.2) is 6.04 Å². The number of aryl methyl sites for hydroxylation is 1. The van der Waals surface area contributed by atoms with Gasteiger partial charge in [-0.3, -0.25) is 0 Å². The second kappa shape index (κ2) is 5.05. The first kappa shape index (κ1) is 11.7. The van der Waals surface area contributed by atoms with Gasteiger partial charge in [-0.05, 0) is 45.0 Å². The Bertz CT molecular complexity index is 457. The normalized spacial score (nSPS) is 10.6. The van der Waals surface area contributed by atoms with Gasteiger partial charge >= 0.3 is 0 Å². The molecule has 1 heteroatoms. The van der Waals surface area contributed by atoms with E-state index in [1.165, 1.54) is 16.9 Å². The van der Waals surface area contributed by atoms with Crippen LogP contribution in [0.5, 0.6) is 0 Å². The fourth-order valence-electron chi connectivity index (χ4n) is 2.04. The summed E-state index contributed by atoms with van der Waals surface area (Å²) in [6.45, 7) is 6.55. The van der Waals surface area contributed by atoms with Crippen LogP contribution < -0.4 is 4.90 Å². The van der Waals surface area contributed by atoms with Gasteiger partial charge in [-0.2, -0.15) is 0 Å². The zero-order valence-electron chi connectivity index (χ0n) is 10.7. The molecule has 1 nitrogen and oxygen atoms in total.